The van der Waals surface area contributed by atoms with Crippen molar-refractivity contribution >= 4 is 5.69 Å². The van der Waals surface area contributed by atoms with Gasteiger partial charge in [0, 0.05) is 13.1 Å². The van der Waals surface area contributed by atoms with Gasteiger partial charge in [-0.05, 0) is 30.9 Å². The van der Waals surface area contributed by atoms with Crippen LogP contribution in [0.3, 0.4) is 0 Å². The van der Waals surface area contributed by atoms with Gasteiger partial charge in [-0.15, -0.1) is 0 Å². The molecule has 1 aromatic carbocycles. The number of hydrogen-bond acceptors (Lipinski definition) is 2. The first-order valence-electron chi connectivity index (χ1n) is 5.13. The molecule has 1 aliphatic rings. The number of rotatable bonds is 1. The van der Waals surface area contributed by atoms with Crippen LogP contribution >= 0.6 is 0 Å². The summed E-state index contributed by atoms with van der Waals surface area (Å²) in [7, 11) is 0. The minimum atomic E-state index is 0.390. The molecule has 0 amide bonds. The summed E-state index contributed by atoms with van der Waals surface area (Å²) in [5, 5.41) is 9.70. The Morgan fingerprint density at radius 1 is 1.36 bits per heavy atom. The van der Waals surface area contributed by atoms with Crippen LogP contribution in [0.5, 0.6) is 5.75 Å². The number of phenols is 1. The second kappa shape index (κ2) is 3.91. The van der Waals surface area contributed by atoms with Gasteiger partial charge in [0.1, 0.15) is 5.75 Å². The maximum Gasteiger partial charge on any atom is 0.138 e. The molecule has 1 aliphatic heterocycles. The molecule has 14 heavy (non-hydrogen) atoms. The van der Waals surface area contributed by atoms with Crippen LogP contribution in [-0.4, -0.2) is 18.2 Å². The van der Waals surface area contributed by atoms with E-state index in [2.05, 4.69) is 18.2 Å². The quantitative estimate of drug-likeness (QED) is 0.735. The van der Waals surface area contributed by atoms with Crippen molar-refractivity contribution in [2.75, 3.05) is 18.0 Å². The summed E-state index contributed by atoms with van der Waals surface area (Å²) in [5.74, 6) is 1.00. The summed E-state index contributed by atoms with van der Waals surface area (Å²) < 4.78 is 0. The summed E-state index contributed by atoms with van der Waals surface area (Å²) in [5.41, 5.74) is 0.965. The fraction of sp³-hybridized carbons (Fsp3) is 0.417. The Bertz CT molecular complexity index is 311. The number of nitrogens with zero attached hydrogens (tertiary/aromatic N) is 1. The summed E-state index contributed by atoms with van der Waals surface area (Å²) in [6.45, 7) is 4.24. The predicted octanol–water partition coefficient (Wildman–Crippen LogP) is 2.44. The largest absolute Gasteiger partial charge is 0.506 e. The van der Waals surface area contributed by atoms with Crippen LogP contribution in [0.25, 0.3) is 0 Å². The zero-order valence-electron chi connectivity index (χ0n) is 8.48. The number of para-hydroxylation sites is 2. The molecular formula is C12H16NO. The molecule has 2 rings (SSSR count). The fourth-order valence-corrected chi connectivity index (χ4v) is 1.98. The fourth-order valence-electron chi connectivity index (χ4n) is 1.98. The molecule has 1 atom stereocenters. The van der Waals surface area contributed by atoms with E-state index >= 15 is 0 Å². The number of piperidine rings is 1. The highest BCUT2D eigenvalue weighted by Crippen LogP contribution is 2.29. The highest BCUT2D eigenvalue weighted by Gasteiger charge is 2.18. The number of aromatic hydroxyl groups is 1. The van der Waals surface area contributed by atoms with Gasteiger partial charge in [-0.3, -0.25) is 0 Å². The minimum absolute atomic E-state index is 0.390. The Morgan fingerprint density at radius 3 is 2.86 bits per heavy atom. The monoisotopic (exact) mass is 190 g/mol. The molecule has 0 aliphatic carbocycles. The van der Waals surface area contributed by atoms with E-state index in [0.717, 1.165) is 25.2 Å². The molecule has 1 radical (unpaired) electrons. The smallest absolute Gasteiger partial charge is 0.138 e. The summed E-state index contributed by atoms with van der Waals surface area (Å²) in [4.78, 5) is 2.25. The van der Waals surface area contributed by atoms with Crippen molar-refractivity contribution in [3.05, 3.63) is 30.7 Å². The van der Waals surface area contributed by atoms with E-state index in [1.165, 1.54) is 0 Å². The Kier molecular flexibility index (Phi) is 2.62. The molecule has 1 unspecified atom stereocenters. The van der Waals surface area contributed by atoms with E-state index in [4.69, 9.17) is 0 Å². The van der Waals surface area contributed by atoms with Crippen LogP contribution in [0.2, 0.25) is 0 Å². The Labute approximate surface area is 85.2 Å². The molecular weight excluding hydrogens is 174 g/mol. The molecule has 0 spiro atoms. The van der Waals surface area contributed by atoms with Crippen LogP contribution in [-0.2, 0) is 0 Å². The number of benzene rings is 1. The molecule has 1 aromatic rings. The third-order valence-corrected chi connectivity index (χ3v) is 2.70. The van der Waals surface area contributed by atoms with E-state index in [0.29, 0.717) is 11.7 Å². The van der Waals surface area contributed by atoms with Crippen LogP contribution in [0.1, 0.15) is 13.3 Å². The second-order valence-electron chi connectivity index (χ2n) is 3.94. The van der Waals surface area contributed by atoms with Crippen molar-refractivity contribution in [2.45, 2.75) is 13.3 Å². The zero-order valence-corrected chi connectivity index (χ0v) is 8.48. The Hall–Kier alpha value is -1.18. The van der Waals surface area contributed by atoms with Crippen molar-refractivity contribution in [1.29, 1.82) is 0 Å². The maximum absolute atomic E-state index is 9.70. The third-order valence-electron chi connectivity index (χ3n) is 2.70. The lowest BCUT2D eigenvalue weighted by Gasteiger charge is -2.32. The van der Waals surface area contributed by atoms with Crippen molar-refractivity contribution in [3.8, 4) is 5.75 Å². The van der Waals surface area contributed by atoms with E-state index < -0.39 is 0 Å². The van der Waals surface area contributed by atoms with E-state index in [1.807, 2.05) is 18.2 Å². The molecule has 75 valence electrons. The van der Waals surface area contributed by atoms with Gasteiger partial charge >= 0.3 is 0 Å². The lowest BCUT2D eigenvalue weighted by Crippen LogP contribution is -2.34. The summed E-state index contributed by atoms with van der Waals surface area (Å²) in [6, 6.07) is 7.56. The summed E-state index contributed by atoms with van der Waals surface area (Å²) >= 11 is 0. The number of phenolic OH excluding ortho intramolecular Hbond substituents is 1. The normalized spacial score (nSPS) is 22.4. The van der Waals surface area contributed by atoms with E-state index in [9.17, 15) is 5.11 Å². The molecule has 0 aromatic heterocycles. The molecule has 1 fully saturated rings. The van der Waals surface area contributed by atoms with Crippen molar-refractivity contribution in [1.82, 2.24) is 0 Å². The van der Waals surface area contributed by atoms with Crippen molar-refractivity contribution in [3.63, 3.8) is 0 Å². The van der Waals surface area contributed by atoms with E-state index in [1.54, 1.807) is 6.07 Å². The topological polar surface area (TPSA) is 23.5 Å². The molecule has 1 saturated heterocycles. The first-order valence-corrected chi connectivity index (χ1v) is 5.13. The van der Waals surface area contributed by atoms with Gasteiger partial charge in [0.05, 0.1) is 5.69 Å². The molecule has 1 N–H and O–H groups in total. The van der Waals surface area contributed by atoms with Crippen LogP contribution < -0.4 is 4.90 Å². The zero-order chi connectivity index (χ0) is 9.97. The first kappa shape index (κ1) is 9.38. The molecule has 0 saturated carbocycles. The second-order valence-corrected chi connectivity index (χ2v) is 3.94. The van der Waals surface area contributed by atoms with Crippen LogP contribution in [0.15, 0.2) is 24.3 Å². The highest BCUT2D eigenvalue weighted by molar-refractivity contribution is 5.57. The summed E-state index contributed by atoms with van der Waals surface area (Å²) in [6.07, 6.45) is 3.45. The van der Waals surface area contributed by atoms with Gasteiger partial charge in [0.15, 0.2) is 0 Å². The Balaban J connectivity index is 2.18. The molecule has 0 bridgehead atoms. The lowest BCUT2D eigenvalue weighted by molar-refractivity contribution is 0.467. The van der Waals surface area contributed by atoms with Crippen LogP contribution in [0.4, 0.5) is 5.69 Å². The van der Waals surface area contributed by atoms with Gasteiger partial charge in [-0.25, -0.2) is 0 Å². The third kappa shape index (κ3) is 1.84. The van der Waals surface area contributed by atoms with Crippen molar-refractivity contribution < 1.29 is 5.11 Å². The van der Waals surface area contributed by atoms with Gasteiger partial charge < -0.3 is 10.0 Å². The van der Waals surface area contributed by atoms with Crippen LogP contribution in [0, 0.1) is 12.3 Å². The van der Waals surface area contributed by atoms with Gasteiger partial charge in [-0.2, -0.15) is 0 Å². The SMILES string of the molecule is CC1[CH]CCN(c2ccccc2O)C1. The number of anilines is 1. The standard InChI is InChI=1S/C12H16NO/c1-10-5-4-8-13(9-10)11-6-2-3-7-12(11)14/h2-3,5-7,10,14H,4,8-9H2,1H3. The predicted molar refractivity (Wildman–Crippen MR) is 58.4 cm³/mol. The van der Waals surface area contributed by atoms with E-state index in [-0.39, 0.29) is 0 Å². The number of hydrogen-bond donors (Lipinski definition) is 1. The lowest BCUT2D eigenvalue weighted by atomic mass is 10.00. The Morgan fingerprint density at radius 2 is 2.14 bits per heavy atom. The highest BCUT2D eigenvalue weighted by atomic mass is 16.3. The van der Waals surface area contributed by atoms with Gasteiger partial charge in [-0.1, -0.05) is 19.1 Å². The average Bonchev–Trinajstić information content (AvgIpc) is 2.18. The first-order chi connectivity index (χ1) is 6.77. The van der Waals surface area contributed by atoms with Gasteiger partial charge in [0.25, 0.3) is 0 Å². The average molecular weight is 190 g/mol. The minimum Gasteiger partial charge on any atom is -0.506 e. The molecule has 1 heterocycles. The molecule has 2 heteroatoms. The maximum atomic E-state index is 9.70. The molecule has 2 nitrogen and oxygen atoms in total. The van der Waals surface area contributed by atoms with Crippen molar-refractivity contribution in [2.24, 2.45) is 5.92 Å². The van der Waals surface area contributed by atoms with Gasteiger partial charge in [0.2, 0.25) is 0 Å².